The lowest BCUT2D eigenvalue weighted by molar-refractivity contribution is -0.274. The third-order valence-corrected chi connectivity index (χ3v) is 8.99. The van der Waals surface area contributed by atoms with Crippen molar-refractivity contribution in [3.05, 3.63) is 90.0 Å². The van der Waals surface area contributed by atoms with E-state index in [2.05, 4.69) is 37.0 Å². The van der Waals surface area contributed by atoms with Crippen molar-refractivity contribution in [1.29, 1.82) is 0 Å². The van der Waals surface area contributed by atoms with E-state index in [4.69, 9.17) is 0 Å². The average Bonchev–Trinajstić information content (AvgIpc) is 3.58. The molecule has 1 aliphatic carbocycles. The highest BCUT2D eigenvalue weighted by atomic mass is 32.2. The molecule has 1 aromatic heterocycles. The van der Waals surface area contributed by atoms with E-state index < -0.39 is 12.4 Å². The van der Waals surface area contributed by atoms with E-state index in [0.717, 1.165) is 41.0 Å². The smallest absolute Gasteiger partial charge is 0.406 e. The molecule has 8 nitrogen and oxygen atoms in total. The summed E-state index contributed by atoms with van der Waals surface area (Å²) in [6.07, 6.45) is -1.55. The summed E-state index contributed by atoms with van der Waals surface area (Å²) in [5.41, 5.74) is 4.13. The van der Waals surface area contributed by atoms with E-state index in [1.807, 2.05) is 38.1 Å². The predicted molar refractivity (Wildman–Crippen MR) is 170 cm³/mol. The predicted octanol–water partition coefficient (Wildman–Crippen LogP) is 8.05. The summed E-state index contributed by atoms with van der Waals surface area (Å²) in [5.74, 6) is 0.962. The van der Waals surface area contributed by atoms with Crippen LogP contribution in [-0.2, 0) is 0 Å². The van der Waals surface area contributed by atoms with Crippen LogP contribution in [0, 0.1) is 5.82 Å². The Morgan fingerprint density at radius 1 is 1.09 bits per heavy atom. The summed E-state index contributed by atoms with van der Waals surface area (Å²) in [7, 11) is 0. The summed E-state index contributed by atoms with van der Waals surface area (Å²) in [5, 5.41) is 8.11. The number of aliphatic imine (C=N–C) groups is 1. The van der Waals surface area contributed by atoms with Crippen molar-refractivity contribution in [2.45, 2.75) is 63.9 Å². The van der Waals surface area contributed by atoms with Gasteiger partial charge in [-0.3, -0.25) is 0 Å². The Morgan fingerprint density at radius 2 is 1.83 bits per heavy atom. The number of anilines is 1. The van der Waals surface area contributed by atoms with E-state index >= 15 is 0 Å². The summed E-state index contributed by atoms with van der Waals surface area (Å²) in [6.45, 7) is 6.14. The molecule has 3 atom stereocenters. The fraction of sp³-hybridized carbons (Fsp3) is 0.333. The number of halogens is 4. The maximum Gasteiger partial charge on any atom is 0.573 e. The lowest BCUT2D eigenvalue weighted by Gasteiger charge is -2.37. The number of ether oxygens (including phenoxy) is 1. The second-order valence-electron chi connectivity index (χ2n) is 11.7. The number of thioether (sulfide) groups is 1. The highest BCUT2D eigenvalue weighted by Crippen LogP contribution is 2.41. The maximum absolute atomic E-state index is 14.1. The van der Waals surface area contributed by atoms with Crippen molar-refractivity contribution in [2.24, 2.45) is 4.99 Å². The highest BCUT2D eigenvalue weighted by molar-refractivity contribution is 8.14. The SMILES string of the molecule is CC(C)c1cc(F)ccc1N1/C(=N/C(=O)NC2CC2c2ccc(-c3ncn(-c4ccc(OC(F)(F)F)cc4)n3)cc2)SCCC1C. The number of alkyl halides is 3. The molecule has 1 saturated carbocycles. The molecule has 2 aliphatic rings. The Balaban J connectivity index is 1.09. The number of carbonyl (C=O) groups is 1. The van der Waals surface area contributed by atoms with Crippen LogP contribution in [0.1, 0.15) is 56.6 Å². The lowest BCUT2D eigenvalue weighted by Crippen LogP contribution is -2.43. The Kier molecular flexibility index (Phi) is 8.78. The molecule has 3 unspecified atom stereocenters. The molecule has 2 amide bonds. The van der Waals surface area contributed by atoms with Gasteiger partial charge < -0.3 is 15.0 Å². The Bertz CT molecular complexity index is 1740. The first-order valence-corrected chi connectivity index (χ1v) is 15.9. The van der Waals surface area contributed by atoms with Crippen LogP contribution in [0.2, 0.25) is 0 Å². The van der Waals surface area contributed by atoms with Gasteiger partial charge in [0.2, 0.25) is 0 Å². The summed E-state index contributed by atoms with van der Waals surface area (Å²) < 4.78 is 56.8. The zero-order valence-corrected chi connectivity index (χ0v) is 26.1. The largest absolute Gasteiger partial charge is 0.573 e. The van der Waals surface area contributed by atoms with Gasteiger partial charge in [0.1, 0.15) is 17.9 Å². The second kappa shape index (κ2) is 12.8. The first kappa shape index (κ1) is 31.6. The van der Waals surface area contributed by atoms with Gasteiger partial charge >= 0.3 is 12.4 Å². The van der Waals surface area contributed by atoms with E-state index in [-0.39, 0.29) is 35.5 Å². The maximum atomic E-state index is 14.1. The minimum Gasteiger partial charge on any atom is -0.406 e. The molecule has 0 bridgehead atoms. The number of amidine groups is 1. The molecule has 0 spiro atoms. The van der Waals surface area contributed by atoms with Crippen molar-refractivity contribution >= 4 is 28.6 Å². The number of rotatable bonds is 7. The molecule has 2 heterocycles. The van der Waals surface area contributed by atoms with Gasteiger partial charge in [0, 0.05) is 35.0 Å². The van der Waals surface area contributed by atoms with Crippen LogP contribution < -0.4 is 15.0 Å². The van der Waals surface area contributed by atoms with Crippen LogP contribution in [0.5, 0.6) is 5.75 Å². The van der Waals surface area contributed by atoms with Crippen molar-refractivity contribution < 1.29 is 27.1 Å². The minimum atomic E-state index is -4.76. The van der Waals surface area contributed by atoms with E-state index in [9.17, 15) is 22.4 Å². The summed E-state index contributed by atoms with van der Waals surface area (Å²) in [4.78, 5) is 23.9. The van der Waals surface area contributed by atoms with E-state index in [1.165, 1.54) is 53.1 Å². The minimum absolute atomic E-state index is 0.0409. The normalized spacial score (nSPS) is 20.7. The molecule has 6 rings (SSSR count). The van der Waals surface area contributed by atoms with Gasteiger partial charge in [0.25, 0.3) is 0 Å². The number of hydrogen-bond donors (Lipinski definition) is 1. The molecule has 46 heavy (non-hydrogen) atoms. The second-order valence-corrected chi connectivity index (χ2v) is 12.7. The molecule has 13 heteroatoms. The summed E-state index contributed by atoms with van der Waals surface area (Å²) in [6, 6.07) is 17.6. The number of hydrogen-bond acceptors (Lipinski definition) is 5. The topological polar surface area (TPSA) is 84.6 Å². The third kappa shape index (κ3) is 7.19. The molecule has 1 N–H and O–H groups in total. The molecule has 1 aliphatic heterocycles. The van der Waals surface area contributed by atoms with Crippen LogP contribution in [0.4, 0.5) is 28.0 Å². The standard InChI is InChI=1S/C33H32F4N6O2S/c1-19(2)26-16-23(34)8-13-29(26)43-20(3)14-15-46-32(43)40-31(44)39-28-17-27(28)21-4-6-22(7-5-21)30-38-18-42(41-30)24-9-11-25(12-10-24)45-33(35,36)37/h4-13,16,18-20,27-28H,14-15,17H2,1-3H3,(H,39,44)/b40-32-. The van der Waals surface area contributed by atoms with Crippen LogP contribution in [0.25, 0.3) is 17.1 Å². The van der Waals surface area contributed by atoms with Crippen LogP contribution in [-0.4, -0.2) is 50.2 Å². The van der Waals surface area contributed by atoms with E-state index in [0.29, 0.717) is 16.7 Å². The van der Waals surface area contributed by atoms with Gasteiger partial charge in [-0.2, -0.15) is 4.99 Å². The van der Waals surface area contributed by atoms with Crippen LogP contribution in [0.15, 0.2) is 78.0 Å². The molecule has 3 aromatic carbocycles. The number of carbonyl (C=O) groups excluding carboxylic acids is 1. The van der Waals surface area contributed by atoms with Crippen LogP contribution >= 0.6 is 11.8 Å². The molecule has 4 aromatic rings. The van der Waals surface area contributed by atoms with E-state index in [1.54, 1.807) is 12.1 Å². The van der Waals surface area contributed by atoms with Gasteiger partial charge in [-0.1, -0.05) is 49.9 Å². The number of urea groups is 1. The Hall–Kier alpha value is -4.39. The molecule has 1 saturated heterocycles. The molecule has 0 radical (unpaired) electrons. The number of amides is 2. The van der Waals surface area contributed by atoms with Crippen molar-refractivity contribution in [3.8, 4) is 22.8 Å². The fourth-order valence-corrected chi connectivity index (χ4v) is 6.75. The van der Waals surface area contributed by atoms with Gasteiger partial charge in [0.15, 0.2) is 11.0 Å². The Labute approximate surface area is 267 Å². The highest BCUT2D eigenvalue weighted by Gasteiger charge is 2.40. The molecular weight excluding hydrogens is 620 g/mol. The quantitative estimate of drug-likeness (QED) is 0.204. The van der Waals surface area contributed by atoms with Gasteiger partial charge in [-0.15, -0.1) is 18.3 Å². The third-order valence-electron chi connectivity index (χ3n) is 8.00. The van der Waals surface area contributed by atoms with Crippen molar-refractivity contribution in [3.63, 3.8) is 0 Å². The van der Waals surface area contributed by atoms with Gasteiger partial charge in [-0.05, 0) is 79.3 Å². The molecule has 240 valence electrons. The van der Waals surface area contributed by atoms with Gasteiger partial charge in [-0.25, -0.2) is 18.9 Å². The van der Waals surface area contributed by atoms with Crippen LogP contribution in [0.3, 0.4) is 0 Å². The monoisotopic (exact) mass is 652 g/mol. The number of benzene rings is 3. The van der Waals surface area contributed by atoms with Gasteiger partial charge in [0.05, 0.1) is 5.69 Å². The van der Waals surface area contributed by atoms with Crippen molar-refractivity contribution in [1.82, 2.24) is 20.1 Å². The summed E-state index contributed by atoms with van der Waals surface area (Å²) >= 11 is 1.53. The fourth-order valence-electron chi connectivity index (χ4n) is 5.54. The number of nitrogens with zero attached hydrogens (tertiary/aromatic N) is 5. The van der Waals surface area contributed by atoms with Crippen molar-refractivity contribution in [2.75, 3.05) is 10.7 Å². The first-order valence-electron chi connectivity index (χ1n) is 14.9. The molecule has 2 fully saturated rings. The Morgan fingerprint density at radius 3 is 2.52 bits per heavy atom. The number of aromatic nitrogens is 3. The molecular formula is C33H32F4N6O2S. The number of nitrogens with one attached hydrogen (secondary N) is 1. The zero-order valence-electron chi connectivity index (χ0n) is 25.3. The first-order chi connectivity index (χ1) is 21.9. The zero-order chi connectivity index (χ0) is 32.6. The lowest BCUT2D eigenvalue weighted by atomic mass is 9.99. The average molecular weight is 653 g/mol.